The molecule has 1 aromatic carbocycles. The van der Waals surface area contributed by atoms with E-state index in [9.17, 15) is 9.90 Å². The summed E-state index contributed by atoms with van der Waals surface area (Å²) in [6, 6.07) is 13.5. The van der Waals surface area contributed by atoms with Gasteiger partial charge in [0.05, 0.1) is 0 Å². The molecule has 0 amide bonds. The summed E-state index contributed by atoms with van der Waals surface area (Å²) in [6.07, 6.45) is 1.64. The molecule has 0 bridgehead atoms. The highest BCUT2D eigenvalue weighted by atomic mass is 16.4. The Morgan fingerprint density at radius 2 is 1.62 bits per heavy atom. The second kappa shape index (κ2) is 5.83. The lowest BCUT2D eigenvalue weighted by Gasteiger charge is -2.37. The van der Waals surface area contributed by atoms with E-state index in [1.54, 1.807) is 18.3 Å². The first-order valence-electron chi connectivity index (χ1n) is 6.99. The van der Waals surface area contributed by atoms with Gasteiger partial charge in [-0.1, -0.05) is 18.2 Å². The molecule has 1 aliphatic rings. The van der Waals surface area contributed by atoms with Crippen molar-refractivity contribution in [2.45, 2.75) is 0 Å². The summed E-state index contributed by atoms with van der Waals surface area (Å²) < 4.78 is 0. The predicted molar refractivity (Wildman–Crippen MR) is 82.1 cm³/mol. The minimum absolute atomic E-state index is 0.269. The van der Waals surface area contributed by atoms with Crippen LogP contribution in [0.1, 0.15) is 10.4 Å². The van der Waals surface area contributed by atoms with E-state index in [4.69, 9.17) is 0 Å². The fourth-order valence-corrected chi connectivity index (χ4v) is 2.63. The van der Waals surface area contributed by atoms with E-state index in [-0.39, 0.29) is 5.56 Å². The van der Waals surface area contributed by atoms with Gasteiger partial charge in [0.15, 0.2) is 0 Å². The molecule has 0 aliphatic carbocycles. The summed E-state index contributed by atoms with van der Waals surface area (Å²) in [5.41, 5.74) is 1.47. The summed E-state index contributed by atoms with van der Waals surface area (Å²) in [4.78, 5) is 19.9. The van der Waals surface area contributed by atoms with Gasteiger partial charge in [-0.2, -0.15) is 0 Å². The Kier molecular flexibility index (Phi) is 3.73. The van der Waals surface area contributed by atoms with E-state index >= 15 is 0 Å². The zero-order chi connectivity index (χ0) is 14.7. The van der Waals surface area contributed by atoms with Crippen LogP contribution in [0.25, 0.3) is 0 Å². The Balaban J connectivity index is 1.73. The number of rotatable bonds is 3. The maximum atomic E-state index is 11.3. The summed E-state index contributed by atoms with van der Waals surface area (Å²) in [5, 5.41) is 9.25. The van der Waals surface area contributed by atoms with Gasteiger partial charge in [0.2, 0.25) is 0 Å². The molecule has 2 heterocycles. The first-order valence-corrected chi connectivity index (χ1v) is 6.99. The van der Waals surface area contributed by atoms with Gasteiger partial charge in [0.25, 0.3) is 0 Å². The summed E-state index contributed by atoms with van der Waals surface area (Å²) >= 11 is 0. The van der Waals surface area contributed by atoms with Gasteiger partial charge in [0, 0.05) is 38.1 Å². The number of carboxylic acids is 1. The Morgan fingerprint density at radius 1 is 0.952 bits per heavy atom. The van der Waals surface area contributed by atoms with E-state index in [1.165, 1.54) is 5.69 Å². The molecule has 1 fully saturated rings. The smallest absolute Gasteiger partial charge is 0.339 e. The van der Waals surface area contributed by atoms with Crippen LogP contribution >= 0.6 is 0 Å². The minimum Gasteiger partial charge on any atom is -0.478 e. The van der Waals surface area contributed by atoms with Crippen LogP contribution in [0, 0.1) is 0 Å². The Bertz CT molecular complexity index is 622. The average Bonchev–Trinajstić information content (AvgIpc) is 2.56. The van der Waals surface area contributed by atoms with E-state index in [0.717, 1.165) is 26.2 Å². The Labute approximate surface area is 123 Å². The number of benzene rings is 1. The average molecular weight is 283 g/mol. The van der Waals surface area contributed by atoms with Gasteiger partial charge >= 0.3 is 5.97 Å². The summed E-state index contributed by atoms with van der Waals surface area (Å²) in [5.74, 6) is -0.360. The van der Waals surface area contributed by atoms with Crippen LogP contribution in [0.15, 0.2) is 48.7 Å². The number of hydrogen-bond acceptors (Lipinski definition) is 4. The molecule has 1 N–H and O–H groups in total. The standard InChI is InChI=1S/C16H17N3O2/c20-16(21)14-7-4-8-17-15(14)19-11-9-18(10-12-19)13-5-2-1-3-6-13/h1-8H,9-12H2,(H,20,21). The molecule has 0 atom stereocenters. The molecule has 0 unspecified atom stereocenters. The number of aromatic nitrogens is 1. The predicted octanol–water partition coefficient (Wildman–Crippen LogP) is 2.11. The highest BCUT2D eigenvalue weighted by Crippen LogP contribution is 2.21. The van der Waals surface area contributed by atoms with Crippen LogP contribution in [0.3, 0.4) is 0 Å². The fraction of sp³-hybridized carbons (Fsp3) is 0.250. The number of carbonyl (C=O) groups is 1. The summed E-state index contributed by atoms with van der Waals surface area (Å²) in [6.45, 7) is 3.26. The fourth-order valence-electron chi connectivity index (χ4n) is 2.63. The lowest BCUT2D eigenvalue weighted by atomic mass is 10.2. The molecular weight excluding hydrogens is 266 g/mol. The molecule has 108 valence electrons. The van der Waals surface area contributed by atoms with Crippen molar-refractivity contribution in [1.82, 2.24) is 4.98 Å². The van der Waals surface area contributed by atoms with Crippen LogP contribution in [0.4, 0.5) is 11.5 Å². The largest absolute Gasteiger partial charge is 0.478 e. The van der Waals surface area contributed by atoms with Crippen molar-refractivity contribution in [2.75, 3.05) is 36.0 Å². The van der Waals surface area contributed by atoms with Crippen LogP contribution in [-0.4, -0.2) is 42.2 Å². The molecule has 1 aliphatic heterocycles. The first kappa shape index (κ1) is 13.4. The molecular formula is C16H17N3O2. The van der Waals surface area contributed by atoms with Gasteiger partial charge in [0.1, 0.15) is 11.4 Å². The monoisotopic (exact) mass is 283 g/mol. The maximum Gasteiger partial charge on any atom is 0.339 e. The van der Waals surface area contributed by atoms with Crippen molar-refractivity contribution >= 4 is 17.5 Å². The maximum absolute atomic E-state index is 11.3. The van der Waals surface area contributed by atoms with E-state index in [0.29, 0.717) is 5.82 Å². The number of nitrogens with zero attached hydrogens (tertiary/aromatic N) is 3. The number of aromatic carboxylic acids is 1. The molecule has 5 nitrogen and oxygen atoms in total. The van der Waals surface area contributed by atoms with Crippen molar-refractivity contribution in [1.29, 1.82) is 0 Å². The SMILES string of the molecule is O=C(O)c1cccnc1N1CCN(c2ccccc2)CC1. The number of carboxylic acid groups (broad SMARTS) is 1. The molecule has 5 heteroatoms. The number of para-hydroxylation sites is 1. The third-order valence-electron chi connectivity index (χ3n) is 3.72. The van der Waals surface area contributed by atoms with Gasteiger partial charge in [-0.25, -0.2) is 9.78 Å². The van der Waals surface area contributed by atoms with E-state index < -0.39 is 5.97 Å². The lowest BCUT2D eigenvalue weighted by Crippen LogP contribution is -2.47. The second-order valence-electron chi connectivity index (χ2n) is 4.99. The molecule has 2 aromatic rings. The number of anilines is 2. The van der Waals surface area contributed by atoms with Gasteiger partial charge in [-0.15, -0.1) is 0 Å². The van der Waals surface area contributed by atoms with Gasteiger partial charge in [-0.3, -0.25) is 0 Å². The highest BCUT2D eigenvalue weighted by Gasteiger charge is 2.22. The van der Waals surface area contributed by atoms with Crippen LogP contribution < -0.4 is 9.80 Å². The number of pyridine rings is 1. The Morgan fingerprint density at radius 3 is 2.29 bits per heavy atom. The molecule has 0 saturated carbocycles. The number of hydrogen-bond donors (Lipinski definition) is 1. The van der Waals surface area contributed by atoms with Crippen LogP contribution in [-0.2, 0) is 0 Å². The molecule has 0 radical (unpaired) electrons. The molecule has 1 saturated heterocycles. The van der Waals surface area contributed by atoms with Crippen molar-refractivity contribution in [2.24, 2.45) is 0 Å². The van der Waals surface area contributed by atoms with Gasteiger partial charge in [-0.05, 0) is 24.3 Å². The normalized spacial score (nSPS) is 15.0. The third-order valence-corrected chi connectivity index (χ3v) is 3.72. The topological polar surface area (TPSA) is 56.7 Å². The first-order chi connectivity index (χ1) is 10.3. The van der Waals surface area contributed by atoms with Crippen molar-refractivity contribution in [3.8, 4) is 0 Å². The molecule has 1 aromatic heterocycles. The van der Waals surface area contributed by atoms with Crippen LogP contribution in [0.2, 0.25) is 0 Å². The van der Waals surface area contributed by atoms with Crippen molar-refractivity contribution < 1.29 is 9.90 Å². The van der Waals surface area contributed by atoms with Gasteiger partial charge < -0.3 is 14.9 Å². The third kappa shape index (κ3) is 2.81. The van der Waals surface area contributed by atoms with E-state index in [1.807, 2.05) is 23.1 Å². The van der Waals surface area contributed by atoms with Crippen molar-refractivity contribution in [3.63, 3.8) is 0 Å². The Hall–Kier alpha value is -2.56. The summed E-state index contributed by atoms with van der Waals surface area (Å²) in [7, 11) is 0. The zero-order valence-electron chi connectivity index (χ0n) is 11.6. The second-order valence-corrected chi connectivity index (χ2v) is 4.99. The van der Waals surface area contributed by atoms with Crippen LogP contribution in [0.5, 0.6) is 0 Å². The lowest BCUT2D eigenvalue weighted by molar-refractivity contribution is 0.0697. The quantitative estimate of drug-likeness (QED) is 0.935. The molecule has 21 heavy (non-hydrogen) atoms. The minimum atomic E-state index is -0.927. The van der Waals surface area contributed by atoms with Crippen molar-refractivity contribution in [3.05, 3.63) is 54.2 Å². The molecule has 3 rings (SSSR count). The molecule has 0 spiro atoms. The van der Waals surface area contributed by atoms with E-state index in [2.05, 4.69) is 22.0 Å². The highest BCUT2D eigenvalue weighted by molar-refractivity contribution is 5.93. The number of piperazine rings is 1. The zero-order valence-corrected chi connectivity index (χ0v) is 11.6.